The molecule has 14 heavy (non-hydrogen) atoms. The molecule has 0 saturated heterocycles. The van der Waals surface area contributed by atoms with E-state index in [2.05, 4.69) is 0 Å². The molecule has 0 fully saturated rings. The first-order valence-electron chi connectivity index (χ1n) is 3.92. The fourth-order valence-corrected chi connectivity index (χ4v) is 2.74. The molecule has 0 N–H and O–H groups in total. The van der Waals surface area contributed by atoms with Gasteiger partial charge >= 0.3 is 0 Å². The van der Waals surface area contributed by atoms with Crippen molar-refractivity contribution in [1.29, 1.82) is 10.5 Å². The Labute approximate surface area is 90.7 Å². The molecule has 0 amide bonds. The molecule has 1 heterocycles. The molecule has 1 aliphatic rings. The smallest absolute Gasteiger partial charge is 0.133 e. The van der Waals surface area contributed by atoms with Gasteiger partial charge in [0.2, 0.25) is 0 Å². The largest absolute Gasteiger partial charge is 0.192 e. The second-order valence-electron chi connectivity index (χ2n) is 2.84. The maximum atomic E-state index is 8.77. The zero-order valence-corrected chi connectivity index (χ0v) is 8.71. The standard InChI is InChI=1S/C10H4N2S2/c11-4-6(5-12)8-3-9(13)10-7(8)1-2-14-10/h1-2H,3H2. The van der Waals surface area contributed by atoms with Crippen LogP contribution in [0.5, 0.6) is 0 Å². The summed E-state index contributed by atoms with van der Waals surface area (Å²) in [4.78, 5) is 1.88. The first-order valence-corrected chi connectivity index (χ1v) is 5.21. The number of thiocarbonyl (C=S) groups is 1. The minimum Gasteiger partial charge on any atom is -0.192 e. The van der Waals surface area contributed by atoms with Gasteiger partial charge in [-0.15, -0.1) is 11.3 Å². The molecule has 0 bridgehead atoms. The molecule has 0 atom stereocenters. The number of nitrogens with zero attached hydrogens (tertiary/aromatic N) is 2. The lowest BCUT2D eigenvalue weighted by Crippen LogP contribution is -1.85. The molecule has 66 valence electrons. The first kappa shape index (κ1) is 9.08. The van der Waals surface area contributed by atoms with Crippen molar-refractivity contribution in [3.63, 3.8) is 0 Å². The number of thiophene rings is 1. The van der Waals surface area contributed by atoms with Gasteiger partial charge in [-0.05, 0) is 22.6 Å². The number of hydrogen-bond donors (Lipinski definition) is 0. The predicted molar refractivity (Wildman–Crippen MR) is 58.8 cm³/mol. The third-order valence-corrected chi connectivity index (χ3v) is 3.56. The van der Waals surface area contributed by atoms with Gasteiger partial charge in [0.15, 0.2) is 0 Å². The van der Waals surface area contributed by atoms with Gasteiger partial charge in [-0.25, -0.2) is 0 Å². The van der Waals surface area contributed by atoms with Crippen LogP contribution in [0.3, 0.4) is 0 Å². The average Bonchev–Trinajstić information content (AvgIpc) is 2.74. The molecule has 1 aromatic heterocycles. The Hall–Kier alpha value is -1.49. The van der Waals surface area contributed by atoms with Crippen LogP contribution in [0.15, 0.2) is 17.0 Å². The normalized spacial score (nSPS) is 13.3. The third kappa shape index (κ3) is 1.17. The second-order valence-corrected chi connectivity index (χ2v) is 4.25. The van der Waals surface area contributed by atoms with E-state index in [1.165, 1.54) is 0 Å². The van der Waals surface area contributed by atoms with Crippen LogP contribution in [-0.2, 0) is 0 Å². The lowest BCUT2D eigenvalue weighted by Gasteiger charge is -1.93. The van der Waals surface area contributed by atoms with Crippen LogP contribution in [0, 0.1) is 22.7 Å². The minimum atomic E-state index is 0.185. The highest BCUT2D eigenvalue weighted by Gasteiger charge is 2.25. The lowest BCUT2D eigenvalue weighted by molar-refractivity contribution is 1.44. The van der Waals surface area contributed by atoms with Crippen molar-refractivity contribution in [2.24, 2.45) is 0 Å². The van der Waals surface area contributed by atoms with Crippen LogP contribution in [0.1, 0.15) is 16.9 Å². The Morgan fingerprint density at radius 1 is 1.43 bits per heavy atom. The molecule has 0 aromatic carbocycles. The summed E-state index contributed by atoms with van der Waals surface area (Å²) in [5.41, 5.74) is 1.94. The molecule has 0 radical (unpaired) electrons. The van der Waals surface area contributed by atoms with E-state index in [-0.39, 0.29) is 5.57 Å². The van der Waals surface area contributed by atoms with E-state index in [4.69, 9.17) is 22.7 Å². The molecule has 0 spiro atoms. The highest BCUT2D eigenvalue weighted by Crippen LogP contribution is 2.37. The van der Waals surface area contributed by atoms with Gasteiger partial charge in [0.1, 0.15) is 17.7 Å². The molecule has 2 rings (SSSR count). The van der Waals surface area contributed by atoms with Crippen LogP contribution in [0.2, 0.25) is 0 Å². The number of allylic oxidation sites excluding steroid dienone is 2. The fourth-order valence-electron chi connectivity index (χ4n) is 1.48. The van der Waals surface area contributed by atoms with E-state index in [0.717, 1.165) is 20.9 Å². The third-order valence-electron chi connectivity index (χ3n) is 2.11. The van der Waals surface area contributed by atoms with Crippen molar-refractivity contribution in [2.45, 2.75) is 6.42 Å². The van der Waals surface area contributed by atoms with Crippen molar-refractivity contribution >= 4 is 34.0 Å². The molecular formula is C10H4N2S2. The average molecular weight is 216 g/mol. The number of fused-ring (bicyclic) bond motifs is 1. The molecule has 1 aliphatic carbocycles. The zero-order valence-electron chi connectivity index (χ0n) is 7.07. The second kappa shape index (κ2) is 3.34. The van der Waals surface area contributed by atoms with Gasteiger partial charge in [0, 0.05) is 16.2 Å². The molecule has 4 heteroatoms. The van der Waals surface area contributed by atoms with Gasteiger partial charge in [-0.2, -0.15) is 10.5 Å². The monoisotopic (exact) mass is 216 g/mol. The lowest BCUT2D eigenvalue weighted by atomic mass is 10.1. The van der Waals surface area contributed by atoms with E-state index in [1.54, 1.807) is 11.3 Å². The fraction of sp³-hybridized carbons (Fsp3) is 0.100. The molecule has 0 aliphatic heterocycles. The Bertz CT molecular complexity index is 507. The minimum absolute atomic E-state index is 0.185. The van der Waals surface area contributed by atoms with E-state index in [1.807, 2.05) is 23.6 Å². The van der Waals surface area contributed by atoms with Crippen molar-refractivity contribution in [1.82, 2.24) is 0 Å². The highest BCUT2D eigenvalue weighted by molar-refractivity contribution is 7.81. The van der Waals surface area contributed by atoms with Gasteiger partial charge < -0.3 is 0 Å². The van der Waals surface area contributed by atoms with Gasteiger partial charge in [0.05, 0.1) is 0 Å². The molecule has 0 saturated carbocycles. The van der Waals surface area contributed by atoms with Crippen molar-refractivity contribution in [2.75, 3.05) is 0 Å². The summed E-state index contributed by atoms with van der Waals surface area (Å²) in [5.74, 6) is 0. The Morgan fingerprint density at radius 2 is 2.14 bits per heavy atom. The summed E-state index contributed by atoms with van der Waals surface area (Å²) in [6.45, 7) is 0. The van der Waals surface area contributed by atoms with Crippen LogP contribution in [0.4, 0.5) is 0 Å². The van der Waals surface area contributed by atoms with E-state index in [0.29, 0.717) is 6.42 Å². The van der Waals surface area contributed by atoms with Crippen LogP contribution in [-0.4, -0.2) is 4.86 Å². The van der Waals surface area contributed by atoms with Crippen LogP contribution < -0.4 is 0 Å². The summed E-state index contributed by atoms with van der Waals surface area (Å²) >= 11 is 6.75. The Balaban J connectivity index is 2.68. The maximum absolute atomic E-state index is 8.77. The molecule has 1 aromatic rings. The summed E-state index contributed by atoms with van der Waals surface area (Å²) in [7, 11) is 0. The Morgan fingerprint density at radius 3 is 2.79 bits per heavy atom. The number of hydrogen-bond acceptors (Lipinski definition) is 4. The molecule has 0 unspecified atom stereocenters. The predicted octanol–water partition coefficient (Wildman–Crippen LogP) is 2.67. The maximum Gasteiger partial charge on any atom is 0.133 e. The summed E-state index contributed by atoms with van der Waals surface area (Å²) in [5, 5.41) is 19.5. The van der Waals surface area contributed by atoms with E-state index >= 15 is 0 Å². The Kier molecular flexibility index (Phi) is 2.17. The van der Waals surface area contributed by atoms with Crippen molar-refractivity contribution in [3.8, 4) is 12.1 Å². The van der Waals surface area contributed by atoms with Gasteiger partial charge in [0.25, 0.3) is 0 Å². The number of rotatable bonds is 0. The van der Waals surface area contributed by atoms with Crippen LogP contribution >= 0.6 is 23.6 Å². The SMILES string of the molecule is N#CC(C#N)=C1CC(=S)c2sccc21. The van der Waals surface area contributed by atoms with Crippen molar-refractivity contribution in [3.05, 3.63) is 27.5 Å². The first-order chi connectivity index (χ1) is 6.77. The zero-order chi connectivity index (χ0) is 10.1. The van der Waals surface area contributed by atoms with Crippen LogP contribution in [0.25, 0.3) is 5.57 Å². The van der Waals surface area contributed by atoms with Gasteiger partial charge in [-0.3, -0.25) is 0 Å². The summed E-state index contributed by atoms with van der Waals surface area (Å²) in [6, 6.07) is 5.74. The summed E-state index contributed by atoms with van der Waals surface area (Å²) in [6.07, 6.45) is 0.563. The quantitative estimate of drug-likeness (QED) is 0.495. The topological polar surface area (TPSA) is 47.6 Å². The van der Waals surface area contributed by atoms with E-state index in [9.17, 15) is 0 Å². The molecule has 2 nitrogen and oxygen atoms in total. The van der Waals surface area contributed by atoms with Gasteiger partial charge in [-0.1, -0.05) is 12.2 Å². The highest BCUT2D eigenvalue weighted by atomic mass is 32.1. The summed E-state index contributed by atoms with van der Waals surface area (Å²) < 4.78 is 0. The molecular weight excluding hydrogens is 212 g/mol. The van der Waals surface area contributed by atoms with E-state index < -0.39 is 0 Å². The van der Waals surface area contributed by atoms with Crippen molar-refractivity contribution < 1.29 is 0 Å². The number of nitriles is 2.